The Hall–Kier alpha value is -1.15. The van der Waals surface area contributed by atoms with E-state index in [2.05, 4.69) is 15.9 Å². The summed E-state index contributed by atoms with van der Waals surface area (Å²) in [6, 6.07) is 2.19. The van der Waals surface area contributed by atoms with Crippen LogP contribution in [0.25, 0.3) is 0 Å². The normalized spacial score (nSPS) is 12.2. The fraction of sp³-hybridized carbons (Fsp3) is 0.462. The summed E-state index contributed by atoms with van der Waals surface area (Å²) in [6.45, 7) is 4.44. The summed E-state index contributed by atoms with van der Waals surface area (Å²) >= 11 is 3.03. The molecule has 0 aliphatic rings. The van der Waals surface area contributed by atoms with Crippen molar-refractivity contribution in [3.8, 4) is 0 Å². The van der Waals surface area contributed by atoms with Gasteiger partial charge in [-0.05, 0) is 48.8 Å². The number of ether oxygens (including phenoxy) is 1. The maximum Gasteiger partial charge on any atom is 0.339 e. The number of nitrogen functional groups attached to an aromatic ring is 1. The minimum atomic E-state index is -3.37. The van der Waals surface area contributed by atoms with Gasteiger partial charge in [-0.3, -0.25) is 0 Å². The third-order valence-corrected chi connectivity index (χ3v) is 6.05. The summed E-state index contributed by atoms with van der Waals surface area (Å²) in [4.78, 5) is 11.8. The summed E-state index contributed by atoms with van der Waals surface area (Å²) in [5.41, 5.74) is 5.24. The fourth-order valence-electron chi connectivity index (χ4n) is 1.35. The van der Waals surface area contributed by atoms with E-state index < -0.39 is 26.4 Å². The molecule has 8 heteroatoms. The Balaban J connectivity index is 2.74. The third kappa shape index (κ3) is 4.41. The average molecular weight is 382 g/mol. The van der Waals surface area contributed by atoms with Gasteiger partial charge in [0, 0.05) is 4.47 Å². The second kappa shape index (κ2) is 6.31. The van der Waals surface area contributed by atoms with Crippen molar-refractivity contribution in [2.45, 2.75) is 25.5 Å². The first-order valence-electron chi connectivity index (χ1n) is 6.09. The molecule has 0 aliphatic carbocycles. The quantitative estimate of drug-likeness (QED) is 0.639. The van der Waals surface area contributed by atoms with Crippen LogP contribution in [0.1, 0.15) is 31.1 Å². The van der Waals surface area contributed by atoms with Crippen LogP contribution < -0.4 is 5.73 Å². The molecule has 0 fully saturated rings. The van der Waals surface area contributed by atoms with E-state index in [9.17, 15) is 17.6 Å². The molecule has 0 unspecified atom stereocenters. The summed E-state index contributed by atoms with van der Waals surface area (Å²) in [7, 11) is -3.37. The van der Waals surface area contributed by atoms with Crippen molar-refractivity contribution in [3.05, 3.63) is 28.0 Å². The van der Waals surface area contributed by atoms with Crippen LogP contribution in [-0.4, -0.2) is 31.5 Å². The smallest absolute Gasteiger partial charge is 0.339 e. The van der Waals surface area contributed by atoms with Crippen LogP contribution in [0, 0.1) is 5.82 Å². The van der Waals surface area contributed by atoms with Crippen LogP contribution in [0.15, 0.2) is 16.6 Å². The Morgan fingerprint density at radius 3 is 2.48 bits per heavy atom. The number of esters is 1. The summed E-state index contributed by atoms with van der Waals surface area (Å²) in [5.74, 6) is -1.71. The van der Waals surface area contributed by atoms with Crippen molar-refractivity contribution in [1.82, 2.24) is 0 Å². The van der Waals surface area contributed by atoms with Crippen molar-refractivity contribution in [1.29, 1.82) is 0 Å². The number of carbonyl (C=O) groups is 1. The van der Waals surface area contributed by atoms with Gasteiger partial charge in [0.15, 0.2) is 9.84 Å². The van der Waals surface area contributed by atoms with Gasteiger partial charge in [-0.15, -0.1) is 0 Å². The predicted molar refractivity (Wildman–Crippen MR) is 82.3 cm³/mol. The molecule has 118 valence electrons. The molecule has 5 nitrogen and oxygen atoms in total. The van der Waals surface area contributed by atoms with E-state index in [1.165, 1.54) is 0 Å². The number of halogens is 2. The maximum absolute atomic E-state index is 13.2. The Labute approximate surface area is 131 Å². The fourth-order valence-corrected chi connectivity index (χ4v) is 2.74. The standard InChI is InChI=1S/C13H17BrFNO4S/c1-13(2,3)21(18,19)5-4-20-12(17)8-6-11(16)10(15)7-9(8)14/h6-7H,4-5,16H2,1-3H3. The third-order valence-electron chi connectivity index (χ3n) is 2.82. The highest BCUT2D eigenvalue weighted by Gasteiger charge is 2.29. The van der Waals surface area contributed by atoms with E-state index in [0.29, 0.717) is 0 Å². The van der Waals surface area contributed by atoms with Gasteiger partial charge in [0.2, 0.25) is 0 Å². The van der Waals surface area contributed by atoms with E-state index in [1.807, 2.05) is 0 Å². The largest absolute Gasteiger partial charge is 0.461 e. The number of anilines is 1. The van der Waals surface area contributed by atoms with E-state index in [4.69, 9.17) is 10.5 Å². The van der Waals surface area contributed by atoms with Gasteiger partial charge in [-0.2, -0.15) is 0 Å². The highest BCUT2D eigenvalue weighted by atomic mass is 79.9. The zero-order valence-corrected chi connectivity index (χ0v) is 14.3. The number of hydrogen-bond donors (Lipinski definition) is 1. The molecule has 0 radical (unpaired) electrons. The lowest BCUT2D eigenvalue weighted by Gasteiger charge is -2.18. The molecule has 0 spiro atoms. The molecular weight excluding hydrogens is 365 g/mol. The highest BCUT2D eigenvalue weighted by Crippen LogP contribution is 2.23. The highest BCUT2D eigenvalue weighted by molar-refractivity contribution is 9.10. The molecule has 1 aromatic carbocycles. The van der Waals surface area contributed by atoms with Gasteiger partial charge < -0.3 is 10.5 Å². The minimum absolute atomic E-state index is 0.0436. The Morgan fingerprint density at radius 2 is 1.95 bits per heavy atom. The molecule has 21 heavy (non-hydrogen) atoms. The zero-order valence-electron chi connectivity index (χ0n) is 11.9. The number of rotatable bonds is 4. The van der Waals surface area contributed by atoms with Crippen LogP contribution >= 0.6 is 15.9 Å². The predicted octanol–water partition coefficient (Wildman–Crippen LogP) is 2.54. The van der Waals surface area contributed by atoms with E-state index in [0.717, 1.165) is 12.1 Å². The summed E-state index contributed by atoms with van der Waals surface area (Å²) < 4.78 is 41.1. The van der Waals surface area contributed by atoms with Crippen LogP contribution in [-0.2, 0) is 14.6 Å². The number of hydrogen-bond acceptors (Lipinski definition) is 5. The van der Waals surface area contributed by atoms with E-state index >= 15 is 0 Å². The Kier molecular flexibility index (Phi) is 5.38. The second-order valence-corrected chi connectivity index (χ2v) is 9.14. The van der Waals surface area contributed by atoms with Gasteiger partial charge in [0.25, 0.3) is 0 Å². The zero-order chi connectivity index (χ0) is 16.4. The molecule has 0 saturated carbocycles. The molecule has 0 saturated heterocycles. The molecule has 1 rings (SSSR count). The Morgan fingerprint density at radius 1 is 1.38 bits per heavy atom. The van der Waals surface area contributed by atoms with Crippen LogP contribution in [0.3, 0.4) is 0 Å². The Bertz CT molecular complexity index is 653. The molecule has 0 heterocycles. The first kappa shape index (κ1) is 17.9. The number of nitrogens with two attached hydrogens (primary N) is 1. The second-order valence-electron chi connectivity index (χ2n) is 5.42. The lowest BCUT2D eigenvalue weighted by molar-refractivity contribution is 0.0527. The van der Waals surface area contributed by atoms with Crippen LogP contribution in [0.5, 0.6) is 0 Å². The van der Waals surface area contributed by atoms with Gasteiger partial charge >= 0.3 is 5.97 Å². The number of carbonyl (C=O) groups excluding carboxylic acids is 1. The monoisotopic (exact) mass is 381 g/mol. The van der Waals surface area contributed by atoms with Crippen molar-refractivity contribution in [3.63, 3.8) is 0 Å². The molecule has 0 aromatic heterocycles. The molecular formula is C13H17BrFNO4S. The lowest BCUT2D eigenvalue weighted by atomic mass is 10.2. The van der Waals surface area contributed by atoms with Crippen LogP contribution in [0.2, 0.25) is 0 Å². The van der Waals surface area contributed by atoms with E-state index in [-0.39, 0.29) is 28.1 Å². The lowest BCUT2D eigenvalue weighted by Crippen LogP contribution is -2.32. The molecule has 0 aliphatic heterocycles. The summed E-state index contributed by atoms with van der Waals surface area (Å²) in [6.07, 6.45) is 0. The van der Waals surface area contributed by atoms with Crippen molar-refractivity contribution in [2.75, 3.05) is 18.1 Å². The van der Waals surface area contributed by atoms with Crippen LogP contribution in [0.4, 0.5) is 10.1 Å². The topological polar surface area (TPSA) is 86.5 Å². The number of benzene rings is 1. The molecule has 2 N–H and O–H groups in total. The van der Waals surface area contributed by atoms with Gasteiger partial charge in [-0.25, -0.2) is 17.6 Å². The molecule has 0 amide bonds. The number of sulfone groups is 1. The van der Waals surface area contributed by atoms with Gasteiger partial charge in [0.1, 0.15) is 12.4 Å². The van der Waals surface area contributed by atoms with Crippen molar-refractivity contribution >= 4 is 37.4 Å². The van der Waals surface area contributed by atoms with Gasteiger partial charge in [-0.1, -0.05) is 0 Å². The molecule has 1 aromatic rings. The summed E-state index contributed by atoms with van der Waals surface area (Å²) in [5, 5.41) is 0. The molecule has 0 bridgehead atoms. The van der Waals surface area contributed by atoms with Crippen molar-refractivity contribution < 1.29 is 22.3 Å². The van der Waals surface area contributed by atoms with E-state index in [1.54, 1.807) is 20.8 Å². The van der Waals surface area contributed by atoms with Crippen molar-refractivity contribution in [2.24, 2.45) is 0 Å². The first-order chi connectivity index (χ1) is 9.45. The SMILES string of the molecule is CC(C)(C)S(=O)(=O)CCOC(=O)c1cc(N)c(F)cc1Br. The maximum atomic E-state index is 13.2. The average Bonchev–Trinajstić information content (AvgIpc) is 2.31. The van der Waals surface area contributed by atoms with Gasteiger partial charge in [0.05, 0.1) is 21.8 Å². The minimum Gasteiger partial charge on any atom is -0.461 e. The molecule has 0 atom stereocenters. The first-order valence-corrected chi connectivity index (χ1v) is 8.54.